The van der Waals surface area contributed by atoms with Crippen molar-refractivity contribution in [1.29, 1.82) is 0 Å². The van der Waals surface area contributed by atoms with E-state index in [0.29, 0.717) is 12.0 Å². The molecular formula is C13H29NO. The van der Waals surface area contributed by atoms with Crippen molar-refractivity contribution < 1.29 is 5.11 Å². The molecule has 0 radical (unpaired) electrons. The predicted octanol–water partition coefficient (Wildman–Crippen LogP) is 2.90. The normalized spacial score (nSPS) is 14.2. The van der Waals surface area contributed by atoms with E-state index >= 15 is 0 Å². The largest absolute Gasteiger partial charge is 0.392 e. The van der Waals surface area contributed by atoms with Gasteiger partial charge in [-0.3, -0.25) is 4.90 Å². The molecule has 0 rings (SSSR count). The first-order valence-electron chi connectivity index (χ1n) is 6.41. The van der Waals surface area contributed by atoms with Crippen LogP contribution in [-0.2, 0) is 0 Å². The zero-order chi connectivity index (χ0) is 11.8. The quantitative estimate of drug-likeness (QED) is 0.629. The Kier molecular flexibility index (Phi) is 8.07. The van der Waals surface area contributed by atoms with Crippen molar-refractivity contribution in [1.82, 2.24) is 4.90 Å². The second-order valence-electron chi connectivity index (χ2n) is 5.11. The highest BCUT2D eigenvalue weighted by Gasteiger charge is 2.16. The molecule has 0 bridgehead atoms. The van der Waals surface area contributed by atoms with Crippen LogP contribution in [-0.4, -0.2) is 35.2 Å². The van der Waals surface area contributed by atoms with Crippen LogP contribution in [0.2, 0.25) is 0 Å². The van der Waals surface area contributed by atoms with Gasteiger partial charge < -0.3 is 5.11 Å². The molecule has 92 valence electrons. The molecule has 1 unspecified atom stereocenters. The minimum absolute atomic E-state index is 0.186. The SMILES string of the molecule is CCCCCN(CC(O)C(C)C)C(C)C. The van der Waals surface area contributed by atoms with Gasteiger partial charge in [-0.25, -0.2) is 0 Å². The summed E-state index contributed by atoms with van der Waals surface area (Å²) in [6.45, 7) is 12.7. The van der Waals surface area contributed by atoms with Crippen molar-refractivity contribution in [2.75, 3.05) is 13.1 Å². The third kappa shape index (κ3) is 6.91. The maximum absolute atomic E-state index is 9.86. The van der Waals surface area contributed by atoms with E-state index in [-0.39, 0.29) is 6.10 Å². The lowest BCUT2D eigenvalue weighted by molar-refractivity contribution is 0.0627. The summed E-state index contributed by atoms with van der Waals surface area (Å²) in [5, 5.41) is 9.86. The summed E-state index contributed by atoms with van der Waals surface area (Å²) in [5.41, 5.74) is 0. The number of nitrogens with zero attached hydrogens (tertiary/aromatic N) is 1. The van der Waals surface area contributed by atoms with E-state index in [0.717, 1.165) is 13.1 Å². The summed E-state index contributed by atoms with van der Waals surface area (Å²) in [6, 6.07) is 0.537. The van der Waals surface area contributed by atoms with Crippen LogP contribution >= 0.6 is 0 Å². The van der Waals surface area contributed by atoms with Gasteiger partial charge in [0.2, 0.25) is 0 Å². The average molecular weight is 215 g/mol. The summed E-state index contributed by atoms with van der Waals surface area (Å²) in [5.74, 6) is 0.359. The smallest absolute Gasteiger partial charge is 0.0690 e. The van der Waals surface area contributed by atoms with Crippen molar-refractivity contribution in [2.24, 2.45) is 5.92 Å². The van der Waals surface area contributed by atoms with Crippen LogP contribution < -0.4 is 0 Å². The maximum Gasteiger partial charge on any atom is 0.0690 e. The van der Waals surface area contributed by atoms with Crippen LogP contribution in [0.25, 0.3) is 0 Å². The number of hydrogen-bond acceptors (Lipinski definition) is 2. The van der Waals surface area contributed by atoms with Gasteiger partial charge in [0.15, 0.2) is 0 Å². The van der Waals surface area contributed by atoms with E-state index < -0.39 is 0 Å². The van der Waals surface area contributed by atoms with Crippen LogP contribution in [0.15, 0.2) is 0 Å². The van der Waals surface area contributed by atoms with Crippen molar-refractivity contribution >= 4 is 0 Å². The third-order valence-corrected chi connectivity index (χ3v) is 2.97. The molecule has 0 amide bonds. The molecule has 0 aromatic rings. The van der Waals surface area contributed by atoms with Gasteiger partial charge in [0.05, 0.1) is 6.10 Å². The Labute approximate surface area is 95.7 Å². The van der Waals surface area contributed by atoms with Crippen molar-refractivity contribution in [3.8, 4) is 0 Å². The highest BCUT2D eigenvalue weighted by atomic mass is 16.3. The molecule has 0 saturated heterocycles. The molecule has 0 aromatic carbocycles. The van der Waals surface area contributed by atoms with Crippen LogP contribution in [0.1, 0.15) is 53.9 Å². The molecule has 0 fully saturated rings. The Balaban J connectivity index is 3.93. The highest BCUT2D eigenvalue weighted by Crippen LogP contribution is 2.08. The van der Waals surface area contributed by atoms with Crippen LogP contribution in [0, 0.1) is 5.92 Å². The Morgan fingerprint density at radius 1 is 1.07 bits per heavy atom. The fraction of sp³-hybridized carbons (Fsp3) is 1.00. The van der Waals surface area contributed by atoms with Gasteiger partial charge in [-0.1, -0.05) is 33.6 Å². The second-order valence-corrected chi connectivity index (χ2v) is 5.11. The molecular weight excluding hydrogens is 186 g/mol. The first kappa shape index (κ1) is 14.9. The molecule has 2 heteroatoms. The monoisotopic (exact) mass is 215 g/mol. The Morgan fingerprint density at radius 3 is 2.07 bits per heavy atom. The summed E-state index contributed by atoms with van der Waals surface area (Å²) >= 11 is 0. The number of aliphatic hydroxyl groups excluding tert-OH is 1. The predicted molar refractivity (Wildman–Crippen MR) is 67.1 cm³/mol. The maximum atomic E-state index is 9.86. The summed E-state index contributed by atoms with van der Waals surface area (Å²) in [7, 11) is 0. The lowest BCUT2D eigenvalue weighted by atomic mass is 10.1. The molecule has 0 heterocycles. The number of unbranched alkanes of at least 4 members (excludes halogenated alkanes) is 2. The number of aliphatic hydroxyl groups is 1. The van der Waals surface area contributed by atoms with Gasteiger partial charge in [0, 0.05) is 12.6 Å². The zero-order valence-electron chi connectivity index (χ0n) is 11.2. The fourth-order valence-corrected chi connectivity index (χ4v) is 1.58. The molecule has 0 aliphatic rings. The standard InChI is InChI=1S/C13H29NO/c1-6-7-8-9-14(12(4)5)10-13(15)11(2)3/h11-13,15H,6-10H2,1-5H3. The molecule has 15 heavy (non-hydrogen) atoms. The number of hydrogen-bond donors (Lipinski definition) is 1. The zero-order valence-corrected chi connectivity index (χ0v) is 11.2. The van der Waals surface area contributed by atoms with E-state index in [9.17, 15) is 5.11 Å². The minimum Gasteiger partial charge on any atom is -0.392 e. The first-order valence-corrected chi connectivity index (χ1v) is 6.41. The molecule has 2 nitrogen and oxygen atoms in total. The fourth-order valence-electron chi connectivity index (χ4n) is 1.58. The molecule has 0 saturated carbocycles. The molecule has 1 atom stereocenters. The summed E-state index contributed by atoms with van der Waals surface area (Å²) < 4.78 is 0. The van der Waals surface area contributed by atoms with E-state index in [4.69, 9.17) is 0 Å². The van der Waals surface area contributed by atoms with Gasteiger partial charge in [0.1, 0.15) is 0 Å². The van der Waals surface area contributed by atoms with Gasteiger partial charge in [0.25, 0.3) is 0 Å². The first-order chi connectivity index (χ1) is 6.99. The minimum atomic E-state index is -0.186. The van der Waals surface area contributed by atoms with Crippen molar-refractivity contribution in [3.05, 3.63) is 0 Å². The average Bonchev–Trinajstić information content (AvgIpc) is 2.15. The summed E-state index contributed by atoms with van der Waals surface area (Å²) in [4.78, 5) is 2.39. The van der Waals surface area contributed by atoms with Gasteiger partial charge in [-0.05, 0) is 32.7 Å². The van der Waals surface area contributed by atoms with Gasteiger partial charge in [-0.15, -0.1) is 0 Å². The molecule has 0 aliphatic heterocycles. The van der Waals surface area contributed by atoms with E-state index in [1.807, 2.05) is 0 Å². The van der Waals surface area contributed by atoms with Crippen molar-refractivity contribution in [3.63, 3.8) is 0 Å². The van der Waals surface area contributed by atoms with Crippen LogP contribution in [0.4, 0.5) is 0 Å². The molecule has 0 aliphatic carbocycles. The van der Waals surface area contributed by atoms with Crippen LogP contribution in [0.5, 0.6) is 0 Å². The highest BCUT2D eigenvalue weighted by molar-refractivity contribution is 4.70. The molecule has 0 aromatic heterocycles. The lowest BCUT2D eigenvalue weighted by Gasteiger charge is -2.30. The Hall–Kier alpha value is -0.0800. The number of rotatable bonds is 8. The van der Waals surface area contributed by atoms with E-state index in [1.54, 1.807) is 0 Å². The second kappa shape index (κ2) is 8.12. The van der Waals surface area contributed by atoms with E-state index in [1.165, 1.54) is 19.3 Å². The van der Waals surface area contributed by atoms with Crippen molar-refractivity contribution in [2.45, 2.75) is 66.0 Å². The molecule has 0 spiro atoms. The van der Waals surface area contributed by atoms with Gasteiger partial charge in [-0.2, -0.15) is 0 Å². The van der Waals surface area contributed by atoms with Gasteiger partial charge >= 0.3 is 0 Å². The lowest BCUT2D eigenvalue weighted by Crippen LogP contribution is -2.40. The third-order valence-electron chi connectivity index (χ3n) is 2.97. The van der Waals surface area contributed by atoms with Crippen LogP contribution in [0.3, 0.4) is 0 Å². The Bertz CT molecular complexity index is 145. The summed E-state index contributed by atoms with van der Waals surface area (Å²) in [6.07, 6.45) is 3.62. The van der Waals surface area contributed by atoms with E-state index in [2.05, 4.69) is 39.5 Å². The topological polar surface area (TPSA) is 23.5 Å². The Morgan fingerprint density at radius 2 is 1.67 bits per heavy atom. The molecule has 1 N–H and O–H groups in total.